The van der Waals surface area contributed by atoms with Crippen LogP contribution in [0.3, 0.4) is 0 Å². The average Bonchev–Trinajstić information content (AvgIpc) is 3.68. The zero-order chi connectivity index (χ0) is 56.5. The van der Waals surface area contributed by atoms with E-state index in [9.17, 15) is 58.8 Å². The molecule has 2 amide bonds. The van der Waals surface area contributed by atoms with E-state index in [-0.39, 0.29) is 185 Å². The number of nitrogens with one attached hydrogen (secondary N) is 4. The number of hydrogen-bond acceptors (Lipinski definition) is 14. The number of hydrazine groups is 2. The van der Waals surface area contributed by atoms with Crippen molar-refractivity contribution in [3.05, 3.63) is 260 Å². The van der Waals surface area contributed by atoms with E-state index < -0.39 is 46.9 Å². The number of hydrogen-bond donors (Lipinski definition) is 8. The van der Waals surface area contributed by atoms with E-state index in [1.54, 1.807) is 121 Å². The van der Waals surface area contributed by atoms with Crippen molar-refractivity contribution >= 4 is 93.2 Å². The van der Waals surface area contributed by atoms with E-state index in [1.807, 2.05) is 0 Å². The van der Waals surface area contributed by atoms with Crippen LogP contribution >= 0.6 is 0 Å². The van der Waals surface area contributed by atoms with E-state index >= 15 is 0 Å². The number of ketones is 4. The van der Waals surface area contributed by atoms with Crippen LogP contribution in [0.25, 0.3) is 23.5 Å². The number of aromatic carboxylic acids is 2. The molecule has 2 aliphatic rings. The first-order chi connectivity index (χ1) is 38.7. The third-order valence-electron chi connectivity index (χ3n) is 12.4. The molecule has 0 bridgehead atoms. The van der Waals surface area contributed by atoms with Crippen LogP contribution in [-0.4, -0.2) is 78.7 Å². The predicted octanol–water partition coefficient (Wildman–Crippen LogP) is -3.61. The van der Waals surface area contributed by atoms with Crippen molar-refractivity contribution in [3.63, 3.8) is 0 Å². The van der Waals surface area contributed by atoms with Gasteiger partial charge in [0.25, 0.3) is 11.8 Å². The quantitative estimate of drug-likeness (QED) is 0.0226. The summed E-state index contributed by atoms with van der Waals surface area (Å²) in [5, 5.41) is 42.4. The molecule has 0 unspecified atom stereocenters. The molecule has 0 aromatic heterocycles. The fourth-order valence-electron chi connectivity index (χ4n) is 8.41. The van der Waals surface area contributed by atoms with Gasteiger partial charge >= 0.3 is 101 Å². The second kappa shape index (κ2) is 30.4. The average molecular weight is 1180 g/mol. The fourth-order valence-corrected chi connectivity index (χ4v) is 8.41. The third kappa shape index (κ3) is 15.3. The number of benzene rings is 8. The minimum atomic E-state index is -1.24. The Bertz CT molecular complexity index is 3990. The van der Waals surface area contributed by atoms with Crippen LogP contribution in [0.1, 0.15) is 73.3 Å². The van der Waals surface area contributed by atoms with Crippen molar-refractivity contribution in [2.75, 3.05) is 10.9 Å². The van der Waals surface area contributed by atoms with Gasteiger partial charge in [0.2, 0.25) is 11.6 Å². The topological polar surface area (TPSA) is 290 Å². The van der Waals surface area contributed by atoms with Crippen LogP contribution in [0, 0.1) is 0 Å². The second-order valence-corrected chi connectivity index (χ2v) is 17.5. The molecule has 0 atom stereocenters. The first-order valence-corrected chi connectivity index (χ1v) is 24.2. The number of phenolic OH excluding ortho intramolecular Hbond substituents is 2. The number of aliphatic imine (C=N–C) groups is 2. The van der Waals surface area contributed by atoms with Gasteiger partial charge in [-0.2, -0.15) is 0 Å². The number of phenols is 2. The van der Waals surface area contributed by atoms with Crippen molar-refractivity contribution in [2.24, 2.45) is 9.98 Å². The summed E-state index contributed by atoms with van der Waals surface area (Å²) in [6.07, 6.45) is 3.08. The Morgan fingerprint density at radius 1 is 0.369 bits per heavy atom. The smallest absolute Gasteiger partial charge is 0.506 e. The van der Waals surface area contributed by atoms with Gasteiger partial charge in [0, 0.05) is 61.2 Å². The van der Waals surface area contributed by atoms with Gasteiger partial charge in [0.15, 0.2) is 11.6 Å². The molecule has 0 spiro atoms. The number of amides is 2. The molecule has 398 valence electrons. The number of Topliss-reactive ketones (excluding diaryl/α,β-unsaturated/α-hetero) is 2. The Morgan fingerprint density at radius 2 is 0.690 bits per heavy atom. The molecule has 2 aliphatic carbocycles. The Hall–Kier alpha value is -8.13. The number of aromatic hydroxyl groups is 2. The zero-order valence-electron chi connectivity index (χ0n) is 45.0. The van der Waals surface area contributed by atoms with Gasteiger partial charge in [-0.1, -0.05) is 121 Å². The Morgan fingerprint density at radius 3 is 1.04 bits per heavy atom. The minimum Gasteiger partial charge on any atom is -0.506 e. The van der Waals surface area contributed by atoms with E-state index in [1.165, 1.54) is 84.9 Å². The molecule has 84 heavy (non-hydrogen) atoms. The summed E-state index contributed by atoms with van der Waals surface area (Å²) in [4.78, 5) is 109. The molecule has 0 radical (unpaired) electrons. The third-order valence-corrected chi connectivity index (χ3v) is 12.4. The Kier molecular flexibility index (Phi) is 24.2. The molecular weight excluding hydrogens is 1140 g/mol. The molecule has 8 aromatic carbocycles. The second-order valence-electron chi connectivity index (χ2n) is 17.5. The first-order valence-electron chi connectivity index (χ1n) is 24.2. The molecule has 8 aromatic rings. The summed E-state index contributed by atoms with van der Waals surface area (Å²) < 4.78 is 0. The predicted molar refractivity (Wildman–Crippen MR) is 297 cm³/mol. The van der Waals surface area contributed by atoms with Crippen LogP contribution in [0.5, 0.6) is 11.5 Å². The van der Waals surface area contributed by atoms with Gasteiger partial charge in [0.1, 0.15) is 34.3 Å². The van der Waals surface area contributed by atoms with Gasteiger partial charge in [0.05, 0.1) is 22.5 Å². The Balaban J connectivity index is 0.000000293. The van der Waals surface area contributed by atoms with Crippen LogP contribution in [0.4, 0.5) is 11.4 Å². The molecule has 0 heterocycles. The summed E-state index contributed by atoms with van der Waals surface area (Å²) in [5.74, 6) is -6.45. The largest absolute Gasteiger partial charge is 1.00 e. The normalized spacial score (nSPS) is 12.6. The van der Waals surface area contributed by atoms with E-state index in [0.29, 0.717) is 32.0 Å². The van der Waals surface area contributed by atoms with E-state index in [4.69, 9.17) is 0 Å². The summed E-state index contributed by atoms with van der Waals surface area (Å²) >= 11 is 0. The van der Waals surface area contributed by atoms with Crippen LogP contribution in [0.2, 0.25) is 0 Å². The van der Waals surface area contributed by atoms with Crippen molar-refractivity contribution in [1.29, 1.82) is 0 Å². The standard InChI is InChI=1S/2C31H21N3O6.Cr.3Na/c2*35-26-17-20(28(36)22-12-6-7-13-23(22)31(39)40)14-15-24(26)33-34-27-21-11-5-4-10-19(21)16-25(29(27)37)32-30(38)18-8-2-1-3-9-18;;;;/h2*1-17,33-35H,(H,39,40);;;;/q;;;3*+1. The molecule has 0 aliphatic heterocycles. The van der Waals surface area contributed by atoms with E-state index in [0.717, 1.165) is 0 Å². The number of fused-ring (bicyclic) bond motifs is 2. The van der Waals surface area contributed by atoms with Crippen LogP contribution < -0.4 is 131 Å². The summed E-state index contributed by atoms with van der Waals surface area (Å²) in [5.41, 5.74) is 12.1. The number of carbonyl (C=O) groups excluding carboxylic acids is 6. The van der Waals surface area contributed by atoms with Crippen molar-refractivity contribution in [1.82, 2.24) is 10.9 Å². The number of anilines is 2. The number of carboxylic acid groups (broad SMARTS) is 2. The molecule has 8 N–H and O–H groups in total. The van der Waals surface area contributed by atoms with E-state index in [2.05, 4.69) is 31.7 Å². The molecule has 0 fully saturated rings. The van der Waals surface area contributed by atoms with Gasteiger partial charge in [-0.25, -0.2) is 19.6 Å². The zero-order valence-corrected chi connectivity index (χ0v) is 52.3. The maximum absolute atomic E-state index is 13.3. The van der Waals surface area contributed by atoms with Gasteiger partial charge in [-0.05, 0) is 95.4 Å². The Labute approximate surface area is 555 Å². The fraction of sp³-hybridized carbons (Fsp3) is 0. The van der Waals surface area contributed by atoms with Crippen molar-refractivity contribution in [3.8, 4) is 11.5 Å². The van der Waals surface area contributed by atoms with Crippen LogP contribution in [-0.2, 0) is 27.0 Å². The van der Waals surface area contributed by atoms with Crippen molar-refractivity contribution < 1.29 is 165 Å². The summed E-state index contributed by atoms with van der Waals surface area (Å²) in [6, 6.07) is 50.5. The molecule has 0 saturated carbocycles. The number of nitrogens with zero attached hydrogens (tertiary/aromatic N) is 2. The maximum Gasteiger partial charge on any atom is 1.00 e. The number of carbonyl (C=O) groups is 8. The summed E-state index contributed by atoms with van der Waals surface area (Å²) in [6.45, 7) is 0. The monoisotopic (exact) mass is 1180 g/mol. The number of rotatable bonds is 14. The minimum absolute atomic E-state index is 0. The molecule has 18 nitrogen and oxygen atoms in total. The number of carboxylic acids is 2. The molecule has 0 saturated heterocycles. The van der Waals surface area contributed by atoms with Gasteiger partial charge < -0.3 is 20.4 Å². The molecular formula is C62H42CrN6Na3O12+3. The maximum atomic E-state index is 13.3. The van der Waals surface area contributed by atoms with Crippen LogP contribution in [0.15, 0.2) is 204 Å². The molecule has 22 heteroatoms. The SMILES string of the molecule is O=C1C(=NC(=O)c2ccccc2)C=c2ccccc2=C1NNc1ccc(C(=O)c2ccccc2C(=O)O)cc1O.O=C1C(=NC(=O)c2ccccc2)C=c2ccccc2=C1NNc1ccc(C(=O)c2ccccc2C(=O)O)cc1O.[Cr].[Na+].[Na+].[Na+]. The first kappa shape index (κ1) is 66.7. The van der Waals surface area contributed by atoms with Gasteiger partial charge in [-0.15, -0.1) is 0 Å². The van der Waals surface area contributed by atoms with Crippen molar-refractivity contribution in [2.45, 2.75) is 0 Å². The molecule has 10 rings (SSSR count). The summed E-state index contributed by atoms with van der Waals surface area (Å²) in [7, 11) is 0. The van der Waals surface area contributed by atoms with Gasteiger partial charge in [-0.3, -0.25) is 50.5 Å².